The van der Waals surface area contributed by atoms with Gasteiger partial charge in [0.15, 0.2) is 23.1 Å². The van der Waals surface area contributed by atoms with Crippen molar-refractivity contribution in [1.82, 2.24) is 16.0 Å². The number of carbonyl (C=O) groups is 8. The number of aromatic hydroxyl groups is 1. The Morgan fingerprint density at radius 3 is 1.90 bits per heavy atom. The van der Waals surface area contributed by atoms with Crippen LogP contribution in [0.2, 0.25) is 0 Å². The summed E-state index contributed by atoms with van der Waals surface area (Å²) in [6.07, 6.45) is -1.47. The van der Waals surface area contributed by atoms with Crippen LogP contribution in [0, 0.1) is 29.6 Å². The Labute approximate surface area is 476 Å². The Morgan fingerprint density at radius 1 is 0.650 bits per heavy atom. The lowest BCUT2D eigenvalue weighted by Gasteiger charge is -2.28. The number of ketones is 4. The minimum atomic E-state index is -1.29. The molecule has 1 aliphatic heterocycles. The van der Waals surface area contributed by atoms with Crippen LogP contribution < -0.4 is 33.2 Å². The number of carbonyl (C=O) groups excluding carboxylic acids is 8. The van der Waals surface area contributed by atoms with Crippen LogP contribution in [0.15, 0.2) is 121 Å². The van der Waals surface area contributed by atoms with E-state index in [1.165, 1.54) is 19.1 Å². The molecule has 1 aliphatic rings. The molecule has 0 radical (unpaired) electrons. The van der Waals surface area contributed by atoms with Crippen molar-refractivity contribution in [3.63, 3.8) is 0 Å². The molecule has 5 aromatic carbocycles. The van der Waals surface area contributed by atoms with Crippen molar-refractivity contribution in [1.29, 1.82) is 0 Å². The number of aliphatic hydroxyl groups excluding tert-OH is 1. The summed E-state index contributed by atoms with van der Waals surface area (Å²) in [5.74, 6) is -9.77. The van der Waals surface area contributed by atoms with Crippen LogP contribution >= 0.6 is 21.6 Å². The number of nitrogens with two attached hydrogens (primary N) is 3. The van der Waals surface area contributed by atoms with Gasteiger partial charge in [-0.3, -0.25) is 38.4 Å². The third-order valence-electron chi connectivity index (χ3n) is 14.8. The highest BCUT2D eigenvalue weighted by Crippen LogP contribution is 2.30. The van der Waals surface area contributed by atoms with Gasteiger partial charge >= 0.3 is 0 Å². The second-order valence-corrected chi connectivity index (χ2v) is 23.9. The Morgan fingerprint density at radius 2 is 1.24 bits per heavy atom. The first-order chi connectivity index (χ1) is 38.3. The average molecular weight is 1130 g/mol. The fraction of sp³-hybridized carbons (Fsp3) is 0.419. The number of amides is 4. The molecule has 4 amide bonds. The van der Waals surface area contributed by atoms with Gasteiger partial charge in [0.05, 0.1) is 42.1 Å². The highest BCUT2D eigenvalue weighted by Gasteiger charge is 2.37. The minimum absolute atomic E-state index is 0.0158. The maximum absolute atomic E-state index is 15.1. The molecule has 11 N–H and O–H groups in total. The lowest BCUT2D eigenvalue weighted by molar-refractivity contribution is -0.136. The molecular formula is C62H76N6O10S2. The molecule has 18 heteroatoms. The van der Waals surface area contributed by atoms with Crippen LogP contribution in [0.1, 0.15) is 82.4 Å². The molecule has 6 rings (SSSR count). The number of unbranched alkanes of at least 4 members (excludes halogenated alkanes) is 1. The number of hydrogen-bond donors (Lipinski definition) is 8. The Hall–Kier alpha value is -6.70. The number of nitrogens with one attached hydrogen (secondary N) is 3. The van der Waals surface area contributed by atoms with E-state index in [0.717, 1.165) is 54.6 Å². The predicted molar refractivity (Wildman–Crippen MR) is 315 cm³/mol. The van der Waals surface area contributed by atoms with Crippen molar-refractivity contribution < 1.29 is 48.6 Å². The molecule has 1 unspecified atom stereocenters. The van der Waals surface area contributed by atoms with Crippen molar-refractivity contribution in [2.75, 3.05) is 18.1 Å². The molecular weight excluding hydrogens is 1050 g/mol. The first kappa shape index (κ1) is 62.5. The van der Waals surface area contributed by atoms with Gasteiger partial charge in [-0.1, -0.05) is 145 Å². The number of primary amides is 1. The third kappa shape index (κ3) is 18.7. The highest BCUT2D eigenvalue weighted by molar-refractivity contribution is 8.76. The van der Waals surface area contributed by atoms with E-state index < -0.39 is 113 Å². The largest absolute Gasteiger partial charge is 0.508 e. The summed E-state index contributed by atoms with van der Waals surface area (Å²) in [7, 11) is 2.27. The number of benzene rings is 5. The van der Waals surface area contributed by atoms with E-state index in [0.29, 0.717) is 24.9 Å². The van der Waals surface area contributed by atoms with Crippen molar-refractivity contribution in [2.45, 2.75) is 115 Å². The number of hydrogen-bond acceptors (Lipinski definition) is 14. The van der Waals surface area contributed by atoms with E-state index in [1.807, 2.05) is 97.1 Å². The van der Waals surface area contributed by atoms with Gasteiger partial charge in [-0.15, -0.1) is 0 Å². The number of fused-ring (bicyclic) bond motifs is 1. The van der Waals surface area contributed by atoms with E-state index in [1.54, 1.807) is 26.0 Å². The standard InChI is InChI=1S/C62H76N6O10S2/c1-37(2)49-33-57(73)52(15-9-10-26-63)66-60(76)46(27-39-16-21-44(22-17-39)42-11-5-4-6-12-42)31-56(72)53(30-40-19-24-48(70)25-20-40)67-61(77)47(32-55(71)51(64)29-41-18-23-43-13-7-8-14-45(43)28-41)35-79-80-36-54(68-62(49)78)58(74)34-50(38(3)69)59(65)75/h4-8,11-14,16-25,28,37-38,46-47,49-54,69-70H,9-10,15,26-27,29-36,63-64H2,1-3H3,(H2,65,75)(H,66,76)(H,67,77)(H,68,78)/t38?,46-,47-,49-,50-,51+,52-,53-,54-/m0/s1. The number of rotatable bonds is 20. The first-order valence-corrected chi connectivity index (χ1v) is 29.9. The summed E-state index contributed by atoms with van der Waals surface area (Å²) in [5.41, 5.74) is 22.1. The molecule has 0 saturated carbocycles. The van der Waals surface area contributed by atoms with E-state index in [9.17, 15) is 43.8 Å². The smallest absolute Gasteiger partial charge is 0.225 e. The molecule has 426 valence electrons. The van der Waals surface area contributed by atoms with E-state index in [2.05, 4.69) is 16.0 Å². The van der Waals surface area contributed by atoms with Gasteiger partial charge in [-0.05, 0) is 109 Å². The van der Waals surface area contributed by atoms with Crippen LogP contribution in [0.25, 0.3) is 21.9 Å². The quantitative estimate of drug-likeness (QED) is 0.0311. The van der Waals surface area contributed by atoms with Gasteiger partial charge in [0, 0.05) is 49.0 Å². The topological polar surface area (TPSA) is 291 Å². The Balaban J connectivity index is 1.39. The van der Waals surface area contributed by atoms with E-state index in [4.69, 9.17) is 17.2 Å². The maximum atomic E-state index is 15.1. The average Bonchev–Trinajstić information content (AvgIpc) is 3.43. The molecule has 0 aliphatic carbocycles. The van der Waals surface area contributed by atoms with Crippen LogP contribution in [0.4, 0.5) is 0 Å². The van der Waals surface area contributed by atoms with Crippen molar-refractivity contribution in [2.24, 2.45) is 46.8 Å². The number of Topliss-reactive ketones (excluding diaryl/α,β-unsaturated/α-hetero) is 4. The zero-order chi connectivity index (χ0) is 57.9. The Kier molecular flexibility index (Phi) is 24.0. The summed E-state index contributed by atoms with van der Waals surface area (Å²) in [5, 5.41) is 31.3. The molecule has 9 atom stereocenters. The SMILES string of the molecule is CC(C)[C@@H]1CC(=O)[C@H](CCCCN)NC(=O)[C@@H](Cc2ccc(-c3ccccc3)cc2)CC(=O)[C@H](Cc2ccc(O)cc2)NC(=O)[C@@H](CC(=O)[C@H](N)Cc2ccc3ccccc3c2)CSSC[C@@H](C(=O)C[C@H](C(N)=O)C(C)O)NC1=O. The summed E-state index contributed by atoms with van der Waals surface area (Å²) < 4.78 is 0. The van der Waals surface area contributed by atoms with Crippen molar-refractivity contribution in [3.05, 3.63) is 138 Å². The normalized spacial score (nSPS) is 21.4. The third-order valence-corrected chi connectivity index (χ3v) is 17.3. The van der Waals surface area contributed by atoms with Gasteiger partial charge in [0.25, 0.3) is 0 Å². The lowest BCUT2D eigenvalue weighted by Crippen LogP contribution is -2.50. The summed E-state index contributed by atoms with van der Waals surface area (Å²) in [4.78, 5) is 115. The number of phenols is 1. The van der Waals surface area contributed by atoms with Crippen LogP contribution in [-0.4, -0.2) is 105 Å². The van der Waals surface area contributed by atoms with Crippen LogP contribution in [0.3, 0.4) is 0 Å². The summed E-state index contributed by atoms with van der Waals surface area (Å²) in [6, 6.07) is 32.5. The monoisotopic (exact) mass is 1130 g/mol. The molecule has 5 aromatic rings. The molecule has 80 heavy (non-hydrogen) atoms. The molecule has 1 saturated heterocycles. The second-order valence-electron chi connectivity index (χ2n) is 21.3. The van der Waals surface area contributed by atoms with Crippen molar-refractivity contribution in [3.8, 4) is 16.9 Å². The van der Waals surface area contributed by atoms with Gasteiger partial charge < -0.3 is 43.4 Å². The number of aliphatic hydroxyl groups is 1. The van der Waals surface area contributed by atoms with Gasteiger partial charge in [0.1, 0.15) is 5.75 Å². The highest BCUT2D eigenvalue weighted by atomic mass is 33.1. The lowest BCUT2D eigenvalue weighted by atomic mass is 9.86. The molecule has 0 bridgehead atoms. The Bertz CT molecular complexity index is 2920. The zero-order valence-corrected chi connectivity index (χ0v) is 47.4. The molecule has 0 spiro atoms. The fourth-order valence-corrected chi connectivity index (χ4v) is 12.4. The van der Waals surface area contributed by atoms with Crippen LogP contribution in [-0.2, 0) is 57.6 Å². The zero-order valence-electron chi connectivity index (χ0n) is 45.7. The van der Waals surface area contributed by atoms with Gasteiger partial charge in [0.2, 0.25) is 23.6 Å². The minimum Gasteiger partial charge on any atom is -0.508 e. The molecule has 16 nitrogen and oxygen atoms in total. The maximum Gasteiger partial charge on any atom is 0.225 e. The first-order valence-electron chi connectivity index (χ1n) is 27.4. The van der Waals surface area contributed by atoms with Gasteiger partial charge in [-0.25, -0.2) is 0 Å². The summed E-state index contributed by atoms with van der Waals surface area (Å²) in [6.45, 7) is 5.17. The number of phenolic OH excluding ortho intramolecular Hbond substituents is 1. The van der Waals surface area contributed by atoms with Crippen LogP contribution in [0.5, 0.6) is 5.75 Å². The van der Waals surface area contributed by atoms with E-state index >= 15 is 4.79 Å². The predicted octanol–water partition coefficient (Wildman–Crippen LogP) is 6.37. The second kappa shape index (κ2) is 30.8. The molecule has 1 fully saturated rings. The molecule has 0 aromatic heterocycles. The molecule has 1 heterocycles. The van der Waals surface area contributed by atoms with Gasteiger partial charge in [-0.2, -0.15) is 0 Å². The van der Waals surface area contributed by atoms with Crippen molar-refractivity contribution >= 4 is 79.1 Å². The fourth-order valence-electron chi connectivity index (χ4n) is 9.84. The van der Waals surface area contributed by atoms with E-state index in [-0.39, 0.29) is 62.2 Å². The summed E-state index contributed by atoms with van der Waals surface area (Å²) >= 11 is 0.